The first-order valence-electron chi connectivity index (χ1n) is 11.6. The summed E-state index contributed by atoms with van der Waals surface area (Å²) in [5, 5.41) is 3.58. The van der Waals surface area contributed by atoms with Gasteiger partial charge in [0, 0.05) is 68.8 Å². The third-order valence-corrected chi connectivity index (χ3v) is 8.68. The zero-order valence-electron chi connectivity index (χ0n) is 19.4. The van der Waals surface area contributed by atoms with E-state index < -0.39 is 0 Å². The van der Waals surface area contributed by atoms with E-state index in [1.807, 2.05) is 0 Å². The average molecular weight is 496 g/mol. The lowest BCUT2D eigenvalue weighted by Crippen LogP contribution is -2.36. The van der Waals surface area contributed by atoms with Gasteiger partial charge in [-0.25, -0.2) is 0 Å². The highest BCUT2D eigenvalue weighted by Crippen LogP contribution is 2.52. The van der Waals surface area contributed by atoms with Gasteiger partial charge in [0.1, 0.15) is 0 Å². The Labute approximate surface area is 208 Å². The molecular formula is C26H29N3O3S2. The van der Waals surface area contributed by atoms with Crippen LogP contribution in [0.25, 0.3) is 11.3 Å². The Kier molecular flexibility index (Phi) is 7.20. The summed E-state index contributed by atoms with van der Waals surface area (Å²) in [5.74, 6) is 0. The minimum atomic E-state index is -0.0808. The number of morpholine rings is 1. The fraction of sp³-hybridized carbons (Fsp3) is 0.346. The number of hydrogen-bond donors (Lipinski definition) is 2. The third kappa shape index (κ3) is 5.00. The van der Waals surface area contributed by atoms with Crippen LogP contribution >= 0.6 is 23.5 Å². The van der Waals surface area contributed by atoms with Crippen molar-refractivity contribution in [2.45, 2.75) is 39.0 Å². The first-order chi connectivity index (χ1) is 16.6. The number of aromatic amines is 1. The van der Waals surface area contributed by atoms with Crippen LogP contribution in [0, 0.1) is 0 Å². The number of methoxy groups -OCH3 is 1. The van der Waals surface area contributed by atoms with Crippen LogP contribution in [0.15, 0.2) is 72.9 Å². The lowest BCUT2D eigenvalue weighted by Gasteiger charge is -2.29. The standard InChI is InChI=1S/C26H29N3O3S2/c1-3-17(16-31-2)27-18-7-8-22-24(13-18)33-23-6-4-5-20(26(23)34-22)21-14-19(15-25(30)28-21)29-9-11-32-12-10-29/h4-8,13-15,17,27H,3,9-12,16H2,1-2H3,(H,28,30). The lowest BCUT2D eigenvalue weighted by molar-refractivity contribution is 0.122. The van der Waals surface area contributed by atoms with Crippen molar-refractivity contribution in [1.29, 1.82) is 0 Å². The number of aromatic nitrogens is 1. The normalized spacial score (nSPS) is 16.0. The van der Waals surface area contributed by atoms with E-state index in [2.05, 4.69) is 64.6 Å². The van der Waals surface area contributed by atoms with Crippen LogP contribution in [0.1, 0.15) is 13.3 Å². The van der Waals surface area contributed by atoms with Crippen LogP contribution in [0.4, 0.5) is 11.4 Å². The molecule has 2 aromatic carbocycles. The molecule has 0 radical (unpaired) electrons. The summed E-state index contributed by atoms with van der Waals surface area (Å²) in [6.07, 6.45) is 1.00. The van der Waals surface area contributed by atoms with Crippen LogP contribution in [0.5, 0.6) is 0 Å². The van der Waals surface area contributed by atoms with Crippen molar-refractivity contribution in [3.63, 3.8) is 0 Å². The Balaban J connectivity index is 1.44. The highest BCUT2D eigenvalue weighted by atomic mass is 32.2. The Morgan fingerprint density at radius 2 is 1.94 bits per heavy atom. The molecule has 5 rings (SSSR count). The highest BCUT2D eigenvalue weighted by molar-refractivity contribution is 8.05. The smallest absolute Gasteiger partial charge is 0.250 e. The number of nitrogens with zero attached hydrogens (tertiary/aromatic N) is 1. The van der Waals surface area contributed by atoms with Gasteiger partial charge in [0.2, 0.25) is 5.56 Å². The maximum atomic E-state index is 12.5. The van der Waals surface area contributed by atoms with E-state index in [1.54, 1.807) is 36.7 Å². The Morgan fingerprint density at radius 3 is 2.74 bits per heavy atom. The molecule has 2 N–H and O–H groups in total. The van der Waals surface area contributed by atoms with Gasteiger partial charge in [0.05, 0.1) is 25.5 Å². The number of ether oxygens (including phenoxy) is 2. The zero-order chi connectivity index (χ0) is 23.5. The highest BCUT2D eigenvalue weighted by Gasteiger charge is 2.22. The number of fused-ring (bicyclic) bond motifs is 2. The summed E-state index contributed by atoms with van der Waals surface area (Å²) in [4.78, 5) is 22.7. The van der Waals surface area contributed by atoms with E-state index in [1.165, 1.54) is 19.6 Å². The molecule has 0 spiro atoms. The minimum Gasteiger partial charge on any atom is -0.383 e. The molecule has 0 bridgehead atoms. The molecule has 0 amide bonds. The number of anilines is 2. The van der Waals surface area contributed by atoms with Gasteiger partial charge in [0.25, 0.3) is 0 Å². The molecule has 3 aromatic rings. The predicted octanol–water partition coefficient (Wildman–Crippen LogP) is 5.33. The quantitative estimate of drug-likeness (QED) is 0.359. The molecule has 1 unspecified atom stereocenters. The third-order valence-electron chi connectivity index (χ3n) is 6.08. The van der Waals surface area contributed by atoms with Gasteiger partial charge in [-0.1, -0.05) is 42.6 Å². The second-order valence-electron chi connectivity index (χ2n) is 8.42. The molecular weight excluding hydrogens is 466 g/mol. The van der Waals surface area contributed by atoms with E-state index in [9.17, 15) is 4.79 Å². The SMILES string of the molecule is CCC(COC)Nc1ccc2c(c1)Sc1cccc(-c3cc(N4CCOCC4)cc(=O)[nH]3)c1S2. The van der Waals surface area contributed by atoms with Crippen molar-refractivity contribution in [2.24, 2.45) is 0 Å². The van der Waals surface area contributed by atoms with Gasteiger partial charge in [0.15, 0.2) is 0 Å². The maximum Gasteiger partial charge on any atom is 0.250 e. The Hall–Kier alpha value is -2.39. The van der Waals surface area contributed by atoms with E-state index in [-0.39, 0.29) is 5.56 Å². The lowest BCUT2D eigenvalue weighted by atomic mass is 10.1. The van der Waals surface area contributed by atoms with Crippen molar-refractivity contribution in [3.8, 4) is 11.3 Å². The first-order valence-corrected chi connectivity index (χ1v) is 13.2. The van der Waals surface area contributed by atoms with Crippen molar-refractivity contribution >= 4 is 34.9 Å². The number of rotatable bonds is 7. The molecule has 3 heterocycles. The maximum absolute atomic E-state index is 12.5. The van der Waals surface area contributed by atoms with E-state index >= 15 is 0 Å². The molecule has 2 aliphatic heterocycles. The van der Waals surface area contributed by atoms with Gasteiger partial charge in [-0.05, 0) is 36.8 Å². The first kappa shape index (κ1) is 23.4. The fourth-order valence-electron chi connectivity index (χ4n) is 4.28. The summed E-state index contributed by atoms with van der Waals surface area (Å²) in [5.41, 5.74) is 3.89. The number of H-pyrrole nitrogens is 1. The topological polar surface area (TPSA) is 66.6 Å². The molecule has 8 heteroatoms. The largest absolute Gasteiger partial charge is 0.383 e. The van der Waals surface area contributed by atoms with Gasteiger partial charge in [-0.2, -0.15) is 0 Å². The summed E-state index contributed by atoms with van der Waals surface area (Å²) in [7, 11) is 1.74. The number of pyridine rings is 1. The number of nitrogens with one attached hydrogen (secondary N) is 2. The van der Waals surface area contributed by atoms with Crippen LogP contribution in [0.2, 0.25) is 0 Å². The molecule has 1 fully saturated rings. The summed E-state index contributed by atoms with van der Waals surface area (Å²) in [6, 6.07) is 16.9. The van der Waals surface area contributed by atoms with Crippen LogP contribution in [0.3, 0.4) is 0 Å². The minimum absolute atomic E-state index is 0.0808. The molecule has 6 nitrogen and oxygen atoms in total. The van der Waals surface area contributed by atoms with Crippen LogP contribution < -0.4 is 15.8 Å². The molecule has 1 aromatic heterocycles. The van der Waals surface area contributed by atoms with Gasteiger partial charge in [-0.15, -0.1) is 0 Å². The van der Waals surface area contributed by atoms with Gasteiger partial charge < -0.3 is 24.7 Å². The van der Waals surface area contributed by atoms with Crippen LogP contribution in [-0.2, 0) is 9.47 Å². The van der Waals surface area contributed by atoms with Crippen molar-refractivity contribution in [1.82, 2.24) is 4.98 Å². The zero-order valence-corrected chi connectivity index (χ0v) is 21.1. The summed E-state index contributed by atoms with van der Waals surface area (Å²) in [6.45, 7) is 5.82. The second kappa shape index (κ2) is 10.5. The van der Waals surface area contributed by atoms with Crippen molar-refractivity contribution < 1.29 is 9.47 Å². The van der Waals surface area contributed by atoms with Crippen molar-refractivity contribution in [2.75, 3.05) is 50.2 Å². The number of hydrogen-bond acceptors (Lipinski definition) is 7. The molecule has 178 valence electrons. The molecule has 1 saturated heterocycles. The van der Waals surface area contributed by atoms with E-state index in [0.717, 1.165) is 42.1 Å². The van der Waals surface area contributed by atoms with Crippen LogP contribution in [-0.4, -0.2) is 51.0 Å². The number of benzene rings is 2. The Morgan fingerprint density at radius 1 is 1.09 bits per heavy atom. The summed E-state index contributed by atoms with van der Waals surface area (Å²) >= 11 is 3.54. The monoisotopic (exact) mass is 495 g/mol. The van der Waals surface area contributed by atoms with E-state index in [4.69, 9.17) is 9.47 Å². The summed E-state index contributed by atoms with van der Waals surface area (Å²) < 4.78 is 10.8. The molecule has 34 heavy (non-hydrogen) atoms. The second-order valence-corrected chi connectivity index (χ2v) is 10.6. The average Bonchev–Trinajstić information content (AvgIpc) is 2.87. The molecule has 0 aliphatic carbocycles. The molecule has 1 atom stereocenters. The molecule has 2 aliphatic rings. The van der Waals surface area contributed by atoms with Gasteiger partial charge >= 0.3 is 0 Å². The molecule has 0 saturated carbocycles. The van der Waals surface area contributed by atoms with Gasteiger partial charge in [-0.3, -0.25) is 4.79 Å². The van der Waals surface area contributed by atoms with Crippen molar-refractivity contribution in [3.05, 3.63) is 58.9 Å². The van der Waals surface area contributed by atoms with E-state index in [0.29, 0.717) is 25.9 Å². The fourth-order valence-corrected chi connectivity index (χ4v) is 6.69. The predicted molar refractivity (Wildman–Crippen MR) is 140 cm³/mol. The Bertz CT molecular complexity index is 1220.